The molecule has 1 aromatic heterocycles. The van der Waals surface area contributed by atoms with E-state index >= 15 is 0 Å². The average molecular weight is 510 g/mol. The molecular formula is C27H26F3N5O2. The van der Waals surface area contributed by atoms with Gasteiger partial charge >= 0.3 is 12.4 Å². The zero-order valence-corrected chi connectivity index (χ0v) is 19.9. The Morgan fingerprint density at radius 2 is 1.95 bits per heavy atom. The van der Waals surface area contributed by atoms with E-state index in [0.717, 1.165) is 29.3 Å². The van der Waals surface area contributed by atoms with Gasteiger partial charge in [-0.1, -0.05) is 42.5 Å². The van der Waals surface area contributed by atoms with Gasteiger partial charge in [-0.05, 0) is 48.6 Å². The number of hydrogen-bond acceptors (Lipinski definition) is 4. The van der Waals surface area contributed by atoms with E-state index in [4.69, 9.17) is 5.73 Å². The number of nitrogens with zero attached hydrogens (tertiary/aromatic N) is 3. The molecule has 1 atom stereocenters. The number of H-pyrrole nitrogens is 1. The fourth-order valence-corrected chi connectivity index (χ4v) is 5.04. The third kappa shape index (κ3) is 5.47. The first-order valence-corrected chi connectivity index (χ1v) is 12.0. The molecule has 0 saturated carbocycles. The number of halogens is 3. The molecule has 37 heavy (non-hydrogen) atoms. The quantitative estimate of drug-likeness (QED) is 0.349. The zero-order chi connectivity index (χ0) is 26.0. The number of benzene rings is 3. The number of anilines is 2. The molecule has 1 aliphatic rings. The number of aromatic nitrogens is 2. The summed E-state index contributed by atoms with van der Waals surface area (Å²) in [6.45, 7) is 0.977. The zero-order valence-electron chi connectivity index (χ0n) is 19.9. The van der Waals surface area contributed by atoms with Gasteiger partial charge in [-0.15, -0.1) is 13.2 Å². The van der Waals surface area contributed by atoms with Crippen LogP contribution in [0.5, 0.6) is 5.75 Å². The molecule has 3 N–H and O–H groups in total. The van der Waals surface area contributed by atoms with Crippen molar-refractivity contribution in [1.82, 2.24) is 10.2 Å². The van der Waals surface area contributed by atoms with E-state index in [1.165, 1.54) is 17.7 Å². The van der Waals surface area contributed by atoms with Crippen molar-refractivity contribution in [2.24, 2.45) is 5.73 Å². The largest absolute Gasteiger partial charge is 0.573 e. The summed E-state index contributed by atoms with van der Waals surface area (Å²) in [4.78, 5) is 16.3. The number of hydrogen-bond donors (Lipinski definition) is 2. The lowest BCUT2D eigenvalue weighted by Crippen LogP contribution is -2.53. The highest BCUT2D eigenvalue weighted by Gasteiger charge is 2.35. The van der Waals surface area contributed by atoms with Crippen LogP contribution in [0.25, 0.3) is 10.9 Å². The molecule has 0 bridgehead atoms. The Kier molecular flexibility index (Phi) is 6.64. The molecule has 0 saturated heterocycles. The van der Waals surface area contributed by atoms with Crippen molar-refractivity contribution in [3.8, 4) is 5.75 Å². The number of alkyl halides is 3. The summed E-state index contributed by atoms with van der Waals surface area (Å²) in [6, 6.07) is 18.9. The summed E-state index contributed by atoms with van der Waals surface area (Å²) < 4.78 is 42.9. The van der Waals surface area contributed by atoms with Crippen molar-refractivity contribution in [3.05, 3.63) is 84.1 Å². The number of aromatic amines is 1. The Bertz CT molecular complexity index is 1390. The molecule has 0 fully saturated rings. The van der Waals surface area contributed by atoms with Crippen LogP contribution >= 0.6 is 0 Å². The Balaban J connectivity index is 1.46. The number of nitrogens with two attached hydrogens (primary N) is 1. The van der Waals surface area contributed by atoms with Gasteiger partial charge in [0.2, 0.25) is 0 Å². The predicted molar refractivity (Wildman–Crippen MR) is 136 cm³/mol. The van der Waals surface area contributed by atoms with Gasteiger partial charge < -0.3 is 15.4 Å². The molecule has 7 nitrogen and oxygen atoms in total. The van der Waals surface area contributed by atoms with Crippen molar-refractivity contribution < 1.29 is 22.7 Å². The Morgan fingerprint density at radius 3 is 2.70 bits per heavy atom. The molecular weight excluding hydrogens is 483 g/mol. The first kappa shape index (κ1) is 24.5. The SMILES string of the molecule is NC(=O)N(c1cccc2[nH]ncc12)C1Cc2ccc(OC(F)(F)F)cc2N(CCCc2ccccc2)C1. The van der Waals surface area contributed by atoms with E-state index in [9.17, 15) is 18.0 Å². The highest BCUT2D eigenvalue weighted by atomic mass is 19.4. The first-order valence-electron chi connectivity index (χ1n) is 12.0. The van der Waals surface area contributed by atoms with E-state index < -0.39 is 12.4 Å². The number of rotatable bonds is 7. The highest BCUT2D eigenvalue weighted by molar-refractivity contribution is 6.02. The third-order valence-corrected chi connectivity index (χ3v) is 6.58. The number of fused-ring (bicyclic) bond motifs is 2. The van der Waals surface area contributed by atoms with E-state index in [-0.39, 0.29) is 11.8 Å². The van der Waals surface area contributed by atoms with Gasteiger partial charge in [0.15, 0.2) is 0 Å². The molecule has 3 aromatic carbocycles. The van der Waals surface area contributed by atoms with Crippen molar-refractivity contribution >= 4 is 28.3 Å². The minimum absolute atomic E-state index is 0.271. The van der Waals surface area contributed by atoms with Crippen LogP contribution in [0.15, 0.2) is 72.9 Å². The number of primary amides is 1. The Hall–Kier alpha value is -4.21. The fourth-order valence-electron chi connectivity index (χ4n) is 5.04. The lowest BCUT2D eigenvalue weighted by atomic mass is 9.95. The monoisotopic (exact) mass is 509 g/mol. The van der Waals surface area contributed by atoms with Crippen LogP contribution < -0.4 is 20.3 Å². The molecule has 192 valence electrons. The van der Waals surface area contributed by atoms with Crippen molar-refractivity contribution in [3.63, 3.8) is 0 Å². The number of carbonyl (C=O) groups excluding carboxylic acids is 1. The van der Waals surface area contributed by atoms with E-state index in [0.29, 0.717) is 30.9 Å². The maximum atomic E-state index is 12.9. The van der Waals surface area contributed by atoms with Gasteiger partial charge in [0.1, 0.15) is 5.75 Å². The molecule has 4 aromatic rings. The van der Waals surface area contributed by atoms with Crippen LogP contribution in [0.3, 0.4) is 0 Å². The second-order valence-corrected chi connectivity index (χ2v) is 9.05. The number of carbonyl (C=O) groups is 1. The minimum Gasteiger partial charge on any atom is -0.406 e. The molecule has 0 radical (unpaired) electrons. The summed E-state index contributed by atoms with van der Waals surface area (Å²) in [5.74, 6) is -0.271. The van der Waals surface area contributed by atoms with Crippen LogP contribution in [-0.2, 0) is 12.8 Å². The first-order chi connectivity index (χ1) is 17.8. The van der Waals surface area contributed by atoms with Crippen molar-refractivity contribution in [1.29, 1.82) is 0 Å². The summed E-state index contributed by atoms with van der Waals surface area (Å²) >= 11 is 0. The van der Waals surface area contributed by atoms with Gasteiger partial charge in [0.05, 0.1) is 23.4 Å². The minimum atomic E-state index is -4.78. The van der Waals surface area contributed by atoms with Crippen LogP contribution in [0, 0.1) is 0 Å². The van der Waals surface area contributed by atoms with Crippen LogP contribution in [0.2, 0.25) is 0 Å². The third-order valence-electron chi connectivity index (χ3n) is 6.58. The summed E-state index contributed by atoms with van der Waals surface area (Å²) in [5, 5.41) is 7.75. The van der Waals surface area contributed by atoms with E-state index in [1.807, 2.05) is 53.4 Å². The van der Waals surface area contributed by atoms with Crippen LogP contribution in [0.4, 0.5) is 29.3 Å². The number of amides is 2. The Labute approximate surface area is 211 Å². The maximum absolute atomic E-state index is 12.9. The fraction of sp³-hybridized carbons (Fsp3) is 0.259. The molecule has 5 rings (SSSR count). The number of nitrogens with one attached hydrogen (secondary N) is 1. The van der Waals surface area contributed by atoms with Crippen LogP contribution in [-0.4, -0.2) is 41.7 Å². The molecule has 0 spiro atoms. The van der Waals surface area contributed by atoms with E-state index in [2.05, 4.69) is 14.9 Å². The maximum Gasteiger partial charge on any atom is 0.573 e. The van der Waals surface area contributed by atoms with Gasteiger partial charge in [-0.25, -0.2) is 4.79 Å². The van der Waals surface area contributed by atoms with Crippen molar-refractivity contribution in [2.75, 3.05) is 22.9 Å². The standard InChI is InChI=1S/C27H26F3N5O2/c28-27(29,30)37-21-12-11-19-14-20(35(26(31)36)24-10-4-9-23-22(24)16-32-33-23)17-34(25(19)15-21)13-5-8-18-6-2-1-3-7-18/h1-4,6-7,9-12,15-16,20H,5,8,13-14,17H2,(H2,31,36)(H,32,33). The summed E-state index contributed by atoms with van der Waals surface area (Å²) in [5.41, 5.74) is 9.95. The summed E-state index contributed by atoms with van der Waals surface area (Å²) in [7, 11) is 0. The number of ether oxygens (including phenoxy) is 1. The predicted octanol–water partition coefficient (Wildman–Crippen LogP) is 5.41. The number of aryl methyl sites for hydroxylation is 1. The normalized spacial score (nSPS) is 15.4. The summed E-state index contributed by atoms with van der Waals surface area (Å²) in [6.07, 6.45) is -1.13. The second kappa shape index (κ2) is 10.0. The molecule has 1 aliphatic heterocycles. The van der Waals surface area contributed by atoms with E-state index in [1.54, 1.807) is 17.2 Å². The topological polar surface area (TPSA) is 87.5 Å². The van der Waals surface area contributed by atoms with Crippen molar-refractivity contribution in [2.45, 2.75) is 31.7 Å². The molecule has 10 heteroatoms. The second-order valence-electron chi connectivity index (χ2n) is 9.05. The lowest BCUT2D eigenvalue weighted by Gasteiger charge is -2.41. The lowest BCUT2D eigenvalue weighted by molar-refractivity contribution is -0.274. The molecule has 1 unspecified atom stereocenters. The molecule has 0 aliphatic carbocycles. The van der Waals surface area contributed by atoms with Gasteiger partial charge in [-0.2, -0.15) is 5.10 Å². The average Bonchev–Trinajstić information content (AvgIpc) is 3.34. The Morgan fingerprint density at radius 1 is 1.14 bits per heavy atom. The highest BCUT2D eigenvalue weighted by Crippen LogP contribution is 2.36. The van der Waals surface area contributed by atoms with Gasteiger partial charge in [0, 0.05) is 30.2 Å². The molecule has 2 heterocycles. The van der Waals surface area contributed by atoms with Crippen LogP contribution in [0.1, 0.15) is 17.5 Å². The number of urea groups is 1. The van der Waals surface area contributed by atoms with Gasteiger partial charge in [0.25, 0.3) is 0 Å². The van der Waals surface area contributed by atoms with Gasteiger partial charge in [-0.3, -0.25) is 10.00 Å². The smallest absolute Gasteiger partial charge is 0.406 e. The molecule has 2 amide bonds.